The molecule has 0 radical (unpaired) electrons. The number of benzene rings is 3. The van der Waals surface area contributed by atoms with Crippen LogP contribution < -0.4 is 0 Å². The number of nitrogens with zero attached hydrogens (tertiary/aromatic N) is 1. The lowest BCUT2D eigenvalue weighted by atomic mass is 9.99. The molecule has 5 rings (SSSR count). The number of aryl methyl sites for hydroxylation is 2. The molecule has 3 aromatic carbocycles. The zero-order valence-electron chi connectivity index (χ0n) is 14.5. The van der Waals surface area contributed by atoms with E-state index < -0.39 is 0 Å². The summed E-state index contributed by atoms with van der Waals surface area (Å²) in [7, 11) is 0. The van der Waals surface area contributed by atoms with Crippen LogP contribution in [0.1, 0.15) is 11.1 Å². The van der Waals surface area contributed by atoms with Crippen LogP contribution in [0.2, 0.25) is 0 Å². The first kappa shape index (κ1) is 14.3. The normalized spacial score (nSPS) is 11.6. The first-order valence-corrected chi connectivity index (χ1v) is 8.72. The fourth-order valence-electron chi connectivity index (χ4n) is 4.04. The van der Waals surface area contributed by atoms with Crippen LogP contribution in [0, 0.1) is 13.8 Å². The van der Waals surface area contributed by atoms with E-state index in [1.807, 2.05) is 0 Å². The van der Waals surface area contributed by atoms with Crippen molar-refractivity contribution in [2.45, 2.75) is 13.8 Å². The van der Waals surface area contributed by atoms with Gasteiger partial charge < -0.3 is 4.40 Å². The predicted molar refractivity (Wildman–Crippen MR) is 107 cm³/mol. The van der Waals surface area contributed by atoms with Crippen LogP contribution in [-0.4, -0.2) is 4.40 Å². The Morgan fingerprint density at radius 2 is 1.44 bits per heavy atom. The Balaban J connectivity index is 2.07. The van der Waals surface area contributed by atoms with Crippen LogP contribution in [0.4, 0.5) is 0 Å². The smallest absolute Gasteiger partial charge is 0.0576 e. The van der Waals surface area contributed by atoms with Gasteiger partial charge in [-0.1, -0.05) is 66.2 Å². The molecule has 0 aliphatic carbocycles. The Labute approximate surface area is 147 Å². The quantitative estimate of drug-likeness (QED) is 0.330. The van der Waals surface area contributed by atoms with E-state index in [1.165, 1.54) is 49.6 Å². The maximum absolute atomic E-state index is 2.43. The van der Waals surface area contributed by atoms with Crippen molar-refractivity contribution < 1.29 is 0 Å². The molecule has 0 atom stereocenters. The summed E-state index contributed by atoms with van der Waals surface area (Å²) in [6, 6.07) is 28.5. The minimum Gasteiger partial charge on any atom is -0.308 e. The Morgan fingerprint density at radius 1 is 0.680 bits per heavy atom. The van der Waals surface area contributed by atoms with Crippen molar-refractivity contribution in [1.29, 1.82) is 0 Å². The van der Waals surface area contributed by atoms with Gasteiger partial charge in [0.1, 0.15) is 0 Å². The summed E-state index contributed by atoms with van der Waals surface area (Å²) >= 11 is 0. The van der Waals surface area contributed by atoms with Crippen molar-refractivity contribution in [3.63, 3.8) is 0 Å². The SMILES string of the molecule is Cc1cccc(-c2cc3ccccc3n3c2c(C)c2ccccc23)c1. The van der Waals surface area contributed by atoms with E-state index in [9.17, 15) is 0 Å². The molecule has 0 spiro atoms. The predicted octanol–water partition coefficient (Wildman–Crippen LogP) is 6.53. The van der Waals surface area contributed by atoms with E-state index in [-0.39, 0.29) is 0 Å². The zero-order valence-corrected chi connectivity index (χ0v) is 14.5. The molecule has 0 aliphatic rings. The lowest BCUT2D eigenvalue weighted by Gasteiger charge is -2.12. The van der Waals surface area contributed by atoms with E-state index in [4.69, 9.17) is 0 Å². The summed E-state index contributed by atoms with van der Waals surface area (Å²) < 4.78 is 2.43. The van der Waals surface area contributed by atoms with Gasteiger partial charge in [0.15, 0.2) is 0 Å². The largest absolute Gasteiger partial charge is 0.308 e. The van der Waals surface area contributed by atoms with Crippen molar-refractivity contribution >= 4 is 27.3 Å². The molecule has 0 amide bonds. The van der Waals surface area contributed by atoms with E-state index in [2.05, 4.69) is 97.1 Å². The van der Waals surface area contributed by atoms with Crippen LogP contribution in [0.15, 0.2) is 78.9 Å². The summed E-state index contributed by atoms with van der Waals surface area (Å²) in [5.74, 6) is 0. The average molecular weight is 321 g/mol. The van der Waals surface area contributed by atoms with Crippen molar-refractivity contribution in [3.05, 3.63) is 90.0 Å². The maximum atomic E-state index is 2.43. The number of fused-ring (bicyclic) bond motifs is 5. The molecule has 1 nitrogen and oxygen atoms in total. The van der Waals surface area contributed by atoms with Crippen molar-refractivity contribution in [3.8, 4) is 11.1 Å². The number of rotatable bonds is 1. The number of para-hydroxylation sites is 2. The van der Waals surface area contributed by atoms with Crippen molar-refractivity contribution in [2.75, 3.05) is 0 Å². The number of pyridine rings is 1. The third-order valence-corrected chi connectivity index (χ3v) is 5.19. The fraction of sp³-hybridized carbons (Fsp3) is 0.0833. The molecule has 0 saturated heterocycles. The fourth-order valence-corrected chi connectivity index (χ4v) is 4.04. The van der Waals surface area contributed by atoms with Gasteiger partial charge >= 0.3 is 0 Å². The second-order valence-electron chi connectivity index (χ2n) is 6.81. The Morgan fingerprint density at radius 3 is 2.28 bits per heavy atom. The molecule has 0 aliphatic heterocycles. The van der Waals surface area contributed by atoms with Crippen molar-refractivity contribution in [2.24, 2.45) is 0 Å². The molecule has 2 heterocycles. The standard InChI is InChI=1S/C24H19N/c1-16-8-7-10-18(14-16)21-15-19-9-3-5-12-22(19)25-23-13-6-4-11-20(23)17(2)24(21)25/h3-15H,1-2H3. The number of hydrogen-bond acceptors (Lipinski definition) is 0. The van der Waals surface area contributed by atoms with Crippen molar-refractivity contribution in [1.82, 2.24) is 4.40 Å². The molecule has 0 unspecified atom stereocenters. The molecule has 5 aromatic rings. The topological polar surface area (TPSA) is 4.41 Å². The lowest BCUT2D eigenvalue weighted by Crippen LogP contribution is -1.92. The van der Waals surface area contributed by atoms with E-state index in [0.29, 0.717) is 0 Å². The van der Waals surface area contributed by atoms with Gasteiger partial charge in [0, 0.05) is 10.9 Å². The Kier molecular flexibility index (Phi) is 2.98. The first-order valence-electron chi connectivity index (χ1n) is 8.72. The summed E-state index contributed by atoms with van der Waals surface area (Å²) in [4.78, 5) is 0. The molecule has 2 aromatic heterocycles. The molecular formula is C24H19N. The minimum atomic E-state index is 1.26. The highest BCUT2D eigenvalue weighted by molar-refractivity contribution is 6.04. The second-order valence-corrected chi connectivity index (χ2v) is 6.81. The molecular weight excluding hydrogens is 302 g/mol. The Bertz CT molecular complexity index is 1260. The summed E-state index contributed by atoms with van der Waals surface area (Å²) in [6.07, 6.45) is 0. The van der Waals surface area contributed by atoms with E-state index in [1.54, 1.807) is 0 Å². The second kappa shape index (κ2) is 5.22. The zero-order chi connectivity index (χ0) is 17.0. The van der Waals surface area contributed by atoms with Gasteiger partial charge in [-0.2, -0.15) is 0 Å². The van der Waals surface area contributed by atoms with Crippen LogP contribution >= 0.6 is 0 Å². The van der Waals surface area contributed by atoms with Crippen LogP contribution in [-0.2, 0) is 0 Å². The molecule has 0 fully saturated rings. The Hall–Kier alpha value is -3.06. The van der Waals surface area contributed by atoms with Gasteiger partial charge in [0.2, 0.25) is 0 Å². The minimum absolute atomic E-state index is 1.26. The van der Waals surface area contributed by atoms with Crippen LogP contribution in [0.3, 0.4) is 0 Å². The summed E-state index contributed by atoms with van der Waals surface area (Å²) in [5, 5.41) is 2.60. The van der Waals surface area contributed by atoms with Gasteiger partial charge in [-0.15, -0.1) is 0 Å². The molecule has 25 heavy (non-hydrogen) atoms. The lowest BCUT2D eigenvalue weighted by molar-refractivity contribution is 1.32. The van der Waals surface area contributed by atoms with Gasteiger partial charge in [0.25, 0.3) is 0 Å². The highest BCUT2D eigenvalue weighted by atomic mass is 14.9. The highest BCUT2D eigenvalue weighted by Gasteiger charge is 2.15. The molecule has 120 valence electrons. The monoisotopic (exact) mass is 321 g/mol. The highest BCUT2D eigenvalue weighted by Crippen LogP contribution is 2.37. The average Bonchev–Trinajstić information content (AvgIpc) is 2.95. The van der Waals surface area contributed by atoms with Gasteiger partial charge in [-0.05, 0) is 48.6 Å². The van der Waals surface area contributed by atoms with Crippen LogP contribution in [0.25, 0.3) is 38.4 Å². The third-order valence-electron chi connectivity index (χ3n) is 5.19. The molecule has 0 saturated carbocycles. The number of aromatic nitrogens is 1. The molecule has 0 N–H and O–H groups in total. The van der Waals surface area contributed by atoms with E-state index in [0.717, 1.165) is 0 Å². The maximum Gasteiger partial charge on any atom is 0.0576 e. The van der Waals surface area contributed by atoms with Gasteiger partial charge in [-0.3, -0.25) is 0 Å². The molecule has 0 bridgehead atoms. The summed E-state index contributed by atoms with van der Waals surface area (Å²) in [6.45, 7) is 4.40. The van der Waals surface area contributed by atoms with Gasteiger partial charge in [0.05, 0.1) is 16.6 Å². The first-order chi connectivity index (χ1) is 12.2. The van der Waals surface area contributed by atoms with Crippen LogP contribution in [0.5, 0.6) is 0 Å². The summed E-state index contributed by atoms with van der Waals surface area (Å²) in [5.41, 5.74) is 9.07. The van der Waals surface area contributed by atoms with E-state index >= 15 is 0 Å². The van der Waals surface area contributed by atoms with Gasteiger partial charge in [-0.25, -0.2) is 0 Å². The number of hydrogen-bond donors (Lipinski definition) is 0. The molecule has 1 heteroatoms. The third kappa shape index (κ3) is 2.02.